The highest BCUT2D eigenvalue weighted by molar-refractivity contribution is 5.25. The molecule has 2 aliphatic carbocycles. The summed E-state index contributed by atoms with van der Waals surface area (Å²) >= 11 is 0. The molecule has 0 aromatic rings. The van der Waals surface area contributed by atoms with Crippen molar-refractivity contribution in [1.82, 2.24) is 0 Å². The Morgan fingerprint density at radius 2 is 2.12 bits per heavy atom. The Hall–Kier alpha value is -0.380. The minimum Gasteiger partial charge on any atom is -0.369 e. The van der Waals surface area contributed by atoms with Crippen LogP contribution in [0.3, 0.4) is 0 Å². The smallest absolute Gasteiger partial charge is 0.201 e. The molecular formula is C13H20O3. The van der Waals surface area contributed by atoms with E-state index in [1.54, 1.807) is 0 Å². The van der Waals surface area contributed by atoms with Gasteiger partial charge in [-0.1, -0.05) is 19.1 Å². The lowest BCUT2D eigenvalue weighted by Gasteiger charge is -2.64. The molecule has 3 atom stereocenters. The van der Waals surface area contributed by atoms with Gasteiger partial charge in [0.15, 0.2) is 0 Å². The molecular weight excluding hydrogens is 204 g/mol. The second-order valence-corrected chi connectivity index (χ2v) is 4.97. The quantitative estimate of drug-likeness (QED) is 0.672. The van der Waals surface area contributed by atoms with Crippen LogP contribution in [0.2, 0.25) is 0 Å². The Morgan fingerprint density at radius 1 is 1.38 bits per heavy atom. The van der Waals surface area contributed by atoms with Crippen molar-refractivity contribution in [3.05, 3.63) is 12.2 Å². The van der Waals surface area contributed by atoms with E-state index in [4.69, 9.17) is 14.2 Å². The maximum atomic E-state index is 6.08. The number of hydrogen-bond acceptors (Lipinski definition) is 3. The lowest BCUT2D eigenvalue weighted by Crippen LogP contribution is -2.76. The molecule has 0 radical (unpaired) electrons. The molecule has 1 aliphatic heterocycles. The van der Waals surface area contributed by atoms with E-state index in [1.165, 1.54) is 0 Å². The van der Waals surface area contributed by atoms with Crippen molar-refractivity contribution in [3.8, 4) is 0 Å². The molecule has 0 bridgehead atoms. The second kappa shape index (κ2) is 3.56. The summed E-state index contributed by atoms with van der Waals surface area (Å²) in [6.07, 6.45) is 6.64. The van der Waals surface area contributed by atoms with Crippen molar-refractivity contribution in [3.63, 3.8) is 0 Å². The van der Waals surface area contributed by atoms with E-state index in [0.717, 1.165) is 19.4 Å². The standard InChI is InChI=1S/C13H20O3/c1-3-14-12-7-5-4-6-11(12)10(2)13(12)15-8-9-16-13/h4,6,10-11H,3,5,7-9H2,1-2H3. The van der Waals surface area contributed by atoms with Gasteiger partial charge in [-0.2, -0.15) is 0 Å². The Kier molecular flexibility index (Phi) is 2.39. The van der Waals surface area contributed by atoms with Crippen molar-refractivity contribution in [2.45, 2.75) is 38.1 Å². The van der Waals surface area contributed by atoms with Gasteiger partial charge in [-0.15, -0.1) is 0 Å². The average molecular weight is 224 g/mol. The molecule has 3 rings (SSSR count). The summed E-state index contributed by atoms with van der Waals surface area (Å²) in [5.41, 5.74) is -0.216. The third kappa shape index (κ3) is 1.04. The van der Waals surface area contributed by atoms with E-state index < -0.39 is 5.79 Å². The van der Waals surface area contributed by atoms with Crippen molar-refractivity contribution in [2.75, 3.05) is 19.8 Å². The largest absolute Gasteiger partial charge is 0.369 e. The number of hydrogen-bond donors (Lipinski definition) is 0. The molecule has 1 spiro atoms. The van der Waals surface area contributed by atoms with E-state index in [0.29, 0.717) is 25.0 Å². The monoisotopic (exact) mass is 224 g/mol. The van der Waals surface area contributed by atoms with Gasteiger partial charge in [0.05, 0.1) is 13.2 Å². The normalized spacial score (nSPS) is 44.4. The third-order valence-corrected chi connectivity index (χ3v) is 4.41. The lowest BCUT2D eigenvalue weighted by atomic mass is 9.53. The molecule has 90 valence electrons. The fourth-order valence-corrected chi connectivity index (χ4v) is 3.83. The zero-order valence-corrected chi connectivity index (χ0v) is 10.1. The number of fused-ring (bicyclic) bond motifs is 2. The molecule has 0 aromatic carbocycles. The second-order valence-electron chi connectivity index (χ2n) is 4.97. The molecule has 0 amide bonds. The summed E-state index contributed by atoms with van der Waals surface area (Å²) < 4.78 is 17.9. The first kappa shape index (κ1) is 10.8. The minimum atomic E-state index is -0.460. The van der Waals surface area contributed by atoms with Crippen molar-refractivity contribution >= 4 is 0 Å². The van der Waals surface area contributed by atoms with Crippen LogP contribution in [0, 0.1) is 11.8 Å². The van der Waals surface area contributed by atoms with E-state index in [2.05, 4.69) is 26.0 Å². The first-order valence-corrected chi connectivity index (χ1v) is 6.35. The maximum absolute atomic E-state index is 6.08. The van der Waals surface area contributed by atoms with E-state index in [9.17, 15) is 0 Å². The molecule has 0 aromatic heterocycles. The van der Waals surface area contributed by atoms with Gasteiger partial charge in [0.25, 0.3) is 0 Å². The highest BCUT2D eigenvalue weighted by Crippen LogP contribution is 2.62. The summed E-state index contributed by atoms with van der Waals surface area (Å²) in [6, 6.07) is 0. The first-order chi connectivity index (χ1) is 7.77. The lowest BCUT2D eigenvalue weighted by molar-refractivity contribution is -0.393. The molecule has 3 heteroatoms. The first-order valence-electron chi connectivity index (χ1n) is 6.35. The van der Waals surface area contributed by atoms with Gasteiger partial charge in [-0.25, -0.2) is 0 Å². The fraction of sp³-hybridized carbons (Fsp3) is 0.846. The van der Waals surface area contributed by atoms with Crippen LogP contribution >= 0.6 is 0 Å². The van der Waals surface area contributed by atoms with Crippen molar-refractivity contribution in [2.24, 2.45) is 11.8 Å². The summed E-state index contributed by atoms with van der Waals surface area (Å²) in [5, 5.41) is 0. The minimum absolute atomic E-state index is 0.216. The van der Waals surface area contributed by atoms with Gasteiger partial charge < -0.3 is 14.2 Å². The van der Waals surface area contributed by atoms with Crippen LogP contribution in [0.4, 0.5) is 0 Å². The highest BCUT2D eigenvalue weighted by atomic mass is 16.8. The molecule has 0 N–H and O–H groups in total. The van der Waals surface area contributed by atoms with Gasteiger partial charge >= 0.3 is 0 Å². The fourth-order valence-electron chi connectivity index (χ4n) is 3.83. The molecule has 1 saturated carbocycles. The van der Waals surface area contributed by atoms with Crippen LogP contribution in [0.15, 0.2) is 12.2 Å². The van der Waals surface area contributed by atoms with E-state index >= 15 is 0 Å². The molecule has 2 fully saturated rings. The third-order valence-electron chi connectivity index (χ3n) is 4.41. The SMILES string of the molecule is CCOC12CCC=CC1C(C)C21OCCO1. The zero-order chi connectivity index (χ0) is 11.2. The number of allylic oxidation sites excluding steroid dienone is 1. The van der Waals surface area contributed by atoms with Crippen LogP contribution in [0.1, 0.15) is 26.7 Å². The molecule has 3 unspecified atom stereocenters. The van der Waals surface area contributed by atoms with Gasteiger partial charge in [0.2, 0.25) is 5.79 Å². The van der Waals surface area contributed by atoms with E-state index in [1.807, 2.05) is 0 Å². The number of rotatable bonds is 2. The highest BCUT2D eigenvalue weighted by Gasteiger charge is 2.74. The summed E-state index contributed by atoms with van der Waals surface area (Å²) in [4.78, 5) is 0. The van der Waals surface area contributed by atoms with E-state index in [-0.39, 0.29) is 5.60 Å². The molecule has 1 saturated heterocycles. The van der Waals surface area contributed by atoms with Crippen molar-refractivity contribution < 1.29 is 14.2 Å². The van der Waals surface area contributed by atoms with Gasteiger partial charge in [-0.05, 0) is 19.8 Å². The van der Waals surface area contributed by atoms with Crippen LogP contribution < -0.4 is 0 Å². The van der Waals surface area contributed by atoms with Crippen LogP contribution in [-0.2, 0) is 14.2 Å². The van der Waals surface area contributed by atoms with Gasteiger partial charge in [0, 0.05) is 18.4 Å². The Balaban J connectivity index is 1.96. The van der Waals surface area contributed by atoms with Crippen molar-refractivity contribution in [1.29, 1.82) is 0 Å². The topological polar surface area (TPSA) is 27.7 Å². The van der Waals surface area contributed by atoms with Gasteiger partial charge in [0.1, 0.15) is 5.60 Å². The predicted octanol–water partition coefficient (Wildman–Crippen LogP) is 2.12. The van der Waals surface area contributed by atoms with Crippen LogP contribution in [-0.4, -0.2) is 31.2 Å². The predicted molar refractivity (Wildman–Crippen MR) is 60.0 cm³/mol. The Labute approximate surface area is 96.8 Å². The summed E-state index contributed by atoms with van der Waals surface area (Å²) in [6.45, 7) is 6.40. The zero-order valence-electron chi connectivity index (χ0n) is 10.1. The maximum Gasteiger partial charge on any atom is 0.201 e. The summed E-state index contributed by atoms with van der Waals surface area (Å²) in [5.74, 6) is 0.399. The van der Waals surface area contributed by atoms with Gasteiger partial charge in [-0.3, -0.25) is 0 Å². The molecule has 1 heterocycles. The molecule has 3 aliphatic rings. The van der Waals surface area contributed by atoms with Crippen LogP contribution in [0.5, 0.6) is 0 Å². The average Bonchev–Trinajstić information content (AvgIpc) is 2.81. The number of ether oxygens (including phenoxy) is 3. The Morgan fingerprint density at radius 3 is 2.81 bits per heavy atom. The molecule has 16 heavy (non-hydrogen) atoms. The Bertz CT molecular complexity index is 306. The molecule has 3 nitrogen and oxygen atoms in total. The summed E-state index contributed by atoms with van der Waals surface area (Å²) in [7, 11) is 0. The van der Waals surface area contributed by atoms with Crippen LogP contribution in [0.25, 0.3) is 0 Å².